The van der Waals surface area contributed by atoms with Crippen molar-refractivity contribution in [3.63, 3.8) is 0 Å². The van der Waals surface area contributed by atoms with E-state index in [2.05, 4.69) is 56.5 Å². The molecule has 1 aromatic carbocycles. The average Bonchev–Trinajstić information content (AvgIpc) is 3.53. The lowest BCUT2D eigenvalue weighted by atomic mass is 10.1. The summed E-state index contributed by atoms with van der Waals surface area (Å²) in [6.45, 7) is 7.79. The van der Waals surface area contributed by atoms with Gasteiger partial charge in [-0.3, -0.25) is 4.90 Å². The van der Waals surface area contributed by atoms with Gasteiger partial charge in [0.1, 0.15) is 0 Å². The van der Waals surface area contributed by atoms with Crippen molar-refractivity contribution in [1.29, 1.82) is 0 Å². The van der Waals surface area contributed by atoms with Crippen LogP contribution in [0.4, 0.5) is 5.13 Å². The van der Waals surface area contributed by atoms with Gasteiger partial charge in [0.05, 0.1) is 28.9 Å². The van der Waals surface area contributed by atoms with Crippen LogP contribution >= 0.6 is 11.3 Å². The molecule has 2 aromatic heterocycles. The lowest BCUT2D eigenvalue weighted by Gasteiger charge is -2.38. The van der Waals surface area contributed by atoms with Crippen molar-refractivity contribution in [2.45, 2.75) is 51.3 Å². The first-order valence-corrected chi connectivity index (χ1v) is 11.9. The third-order valence-corrected chi connectivity index (χ3v) is 7.23. The molecule has 0 aliphatic carbocycles. The van der Waals surface area contributed by atoms with Crippen molar-refractivity contribution in [3.8, 4) is 0 Å². The fraction of sp³-hybridized carbons (Fsp3) is 0.619. The molecule has 160 valence electrons. The van der Waals surface area contributed by atoms with E-state index in [1.54, 1.807) is 11.3 Å². The van der Waals surface area contributed by atoms with Crippen LogP contribution in [-0.2, 0) is 11.3 Å². The number of thiazole rings is 1. The summed E-state index contributed by atoms with van der Waals surface area (Å²) in [5, 5.41) is 13.9. The summed E-state index contributed by atoms with van der Waals surface area (Å²) in [4.78, 5) is 9.80. The number of fused-ring (bicyclic) bond motifs is 1. The minimum atomic E-state index is 0.241. The molecule has 0 N–H and O–H groups in total. The number of para-hydroxylation sites is 1. The predicted molar refractivity (Wildman–Crippen MR) is 118 cm³/mol. The van der Waals surface area contributed by atoms with Crippen LogP contribution in [0.25, 0.3) is 10.2 Å². The first-order chi connectivity index (χ1) is 14.8. The fourth-order valence-electron chi connectivity index (χ4n) is 4.53. The first-order valence-electron chi connectivity index (χ1n) is 11.0. The van der Waals surface area contributed by atoms with Gasteiger partial charge in [0.2, 0.25) is 0 Å². The smallest absolute Gasteiger partial charge is 0.186 e. The maximum absolute atomic E-state index is 5.81. The molecule has 2 atom stereocenters. The second kappa shape index (κ2) is 8.95. The zero-order chi connectivity index (χ0) is 20.3. The van der Waals surface area contributed by atoms with Crippen LogP contribution in [0.3, 0.4) is 0 Å². The van der Waals surface area contributed by atoms with Crippen LogP contribution in [-0.4, -0.2) is 69.0 Å². The van der Waals surface area contributed by atoms with E-state index < -0.39 is 0 Å². The van der Waals surface area contributed by atoms with E-state index in [0.717, 1.165) is 81.5 Å². The number of aromatic nitrogens is 5. The Hall–Kier alpha value is -2.10. The minimum Gasteiger partial charge on any atom is -0.376 e. The van der Waals surface area contributed by atoms with Crippen molar-refractivity contribution >= 4 is 26.7 Å². The van der Waals surface area contributed by atoms with Crippen molar-refractivity contribution in [2.75, 3.05) is 37.7 Å². The molecule has 2 aliphatic heterocycles. The Balaban J connectivity index is 1.28. The number of hydrogen-bond acceptors (Lipinski definition) is 8. The molecular weight excluding hydrogens is 398 g/mol. The Kier molecular flexibility index (Phi) is 5.92. The second-order valence-electron chi connectivity index (χ2n) is 8.15. The second-order valence-corrected chi connectivity index (χ2v) is 9.15. The molecule has 5 rings (SSSR count). The standard InChI is InChI=1S/C21H29N7OS/c1-2-6-18(20-23-24-25-28(20)15-16-7-5-14-29-16)26-10-12-27(13-11-26)21-22-17-8-3-4-9-19(17)30-21/h3-4,8-9,16,18H,2,5-7,10-15H2,1H3/t16-,18+/m0/s1. The molecule has 0 unspecified atom stereocenters. The number of hydrogen-bond donors (Lipinski definition) is 0. The summed E-state index contributed by atoms with van der Waals surface area (Å²) in [6, 6.07) is 8.64. The number of nitrogens with zero attached hydrogens (tertiary/aromatic N) is 7. The Morgan fingerprint density at radius 1 is 1.20 bits per heavy atom. The van der Waals surface area contributed by atoms with E-state index in [-0.39, 0.29) is 12.1 Å². The molecule has 30 heavy (non-hydrogen) atoms. The van der Waals surface area contributed by atoms with Gasteiger partial charge in [-0.05, 0) is 41.8 Å². The summed E-state index contributed by atoms with van der Waals surface area (Å²) < 4.78 is 9.05. The van der Waals surface area contributed by atoms with Crippen LogP contribution in [0.2, 0.25) is 0 Å². The van der Waals surface area contributed by atoms with Gasteiger partial charge < -0.3 is 9.64 Å². The Bertz CT molecular complexity index is 926. The molecule has 2 fully saturated rings. The molecule has 8 nitrogen and oxygen atoms in total. The summed E-state index contributed by atoms with van der Waals surface area (Å²) in [7, 11) is 0. The third-order valence-electron chi connectivity index (χ3n) is 6.13. The van der Waals surface area contributed by atoms with Gasteiger partial charge in [0, 0.05) is 32.8 Å². The monoisotopic (exact) mass is 427 g/mol. The van der Waals surface area contributed by atoms with Gasteiger partial charge in [-0.25, -0.2) is 9.67 Å². The average molecular weight is 428 g/mol. The lowest BCUT2D eigenvalue weighted by molar-refractivity contribution is 0.0891. The molecule has 3 aromatic rings. The lowest BCUT2D eigenvalue weighted by Crippen LogP contribution is -2.48. The Morgan fingerprint density at radius 3 is 2.83 bits per heavy atom. The maximum atomic E-state index is 5.81. The Labute approximate surface area is 180 Å². The van der Waals surface area contributed by atoms with Crippen LogP contribution in [0.5, 0.6) is 0 Å². The molecule has 0 spiro atoms. The third kappa shape index (κ3) is 4.06. The minimum absolute atomic E-state index is 0.241. The van der Waals surface area contributed by atoms with Crippen LogP contribution < -0.4 is 4.90 Å². The van der Waals surface area contributed by atoms with Crippen LogP contribution in [0.1, 0.15) is 44.5 Å². The largest absolute Gasteiger partial charge is 0.376 e. The van der Waals surface area contributed by atoms with Gasteiger partial charge in [-0.2, -0.15) is 0 Å². The molecule has 0 radical (unpaired) electrons. The zero-order valence-electron chi connectivity index (χ0n) is 17.5. The van der Waals surface area contributed by atoms with Gasteiger partial charge in [0.15, 0.2) is 11.0 Å². The highest BCUT2D eigenvalue weighted by Gasteiger charge is 2.30. The van der Waals surface area contributed by atoms with Gasteiger partial charge in [-0.15, -0.1) is 5.10 Å². The number of anilines is 1. The van der Waals surface area contributed by atoms with E-state index >= 15 is 0 Å². The van der Waals surface area contributed by atoms with E-state index in [9.17, 15) is 0 Å². The fourth-order valence-corrected chi connectivity index (χ4v) is 5.55. The number of ether oxygens (including phenoxy) is 1. The summed E-state index contributed by atoms with van der Waals surface area (Å²) in [6.07, 6.45) is 4.64. The molecule has 9 heteroatoms. The van der Waals surface area contributed by atoms with E-state index in [4.69, 9.17) is 9.72 Å². The zero-order valence-corrected chi connectivity index (χ0v) is 18.3. The normalized spacial score (nSPS) is 21.5. The van der Waals surface area contributed by atoms with Gasteiger partial charge in [0.25, 0.3) is 0 Å². The summed E-state index contributed by atoms with van der Waals surface area (Å²) in [5.41, 5.74) is 1.09. The highest BCUT2D eigenvalue weighted by atomic mass is 32.1. The highest BCUT2D eigenvalue weighted by Crippen LogP contribution is 2.31. The van der Waals surface area contributed by atoms with Crippen molar-refractivity contribution in [3.05, 3.63) is 30.1 Å². The molecule has 0 saturated carbocycles. The van der Waals surface area contributed by atoms with E-state index in [1.807, 2.05) is 4.68 Å². The topological polar surface area (TPSA) is 72.2 Å². The van der Waals surface area contributed by atoms with Crippen LogP contribution in [0.15, 0.2) is 24.3 Å². The predicted octanol–water partition coefficient (Wildman–Crippen LogP) is 3.13. The summed E-state index contributed by atoms with van der Waals surface area (Å²) in [5.74, 6) is 0.987. The maximum Gasteiger partial charge on any atom is 0.186 e. The van der Waals surface area contributed by atoms with Crippen LogP contribution in [0, 0.1) is 0 Å². The first kappa shape index (κ1) is 19.8. The molecule has 2 aliphatic rings. The van der Waals surface area contributed by atoms with Gasteiger partial charge >= 0.3 is 0 Å². The van der Waals surface area contributed by atoms with Gasteiger partial charge in [-0.1, -0.05) is 36.8 Å². The van der Waals surface area contributed by atoms with Crippen molar-refractivity contribution < 1.29 is 4.74 Å². The molecule has 0 bridgehead atoms. The number of tetrazole rings is 1. The summed E-state index contributed by atoms with van der Waals surface area (Å²) >= 11 is 1.79. The number of benzene rings is 1. The van der Waals surface area contributed by atoms with E-state index in [0.29, 0.717) is 0 Å². The van der Waals surface area contributed by atoms with Crippen molar-refractivity contribution in [1.82, 2.24) is 30.1 Å². The highest BCUT2D eigenvalue weighted by molar-refractivity contribution is 7.22. The molecule has 2 saturated heterocycles. The number of piperazine rings is 1. The molecule has 4 heterocycles. The molecular formula is C21H29N7OS. The quantitative estimate of drug-likeness (QED) is 0.574. The molecule has 0 amide bonds. The van der Waals surface area contributed by atoms with E-state index in [1.165, 1.54) is 4.70 Å². The Morgan fingerprint density at radius 2 is 2.07 bits per heavy atom. The van der Waals surface area contributed by atoms with Crippen molar-refractivity contribution in [2.24, 2.45) is 0 Å². The SMILES string of the molecule is CCC[C@H](c1nnnn1C[C@@H]1CCCO1)N1CCN(c2nc3ccccc3s2)CC1. The number of rotatable bonds is 7.